The Hall–Kier alpha value is -3.23. The molecule has 9 nitrogen and oxygen atoms in total. The molecule has 26 heavy (non-hydrogen) atoms. The van der Waals surface area contributed by atoms with E-state index in [0.717, 1.165) is 6.07 Å². The molecule has 0 saturated heterocycles. The molecule has 1 aromatic rings. The minimum absolute atomic E-state index is 0.0204. The number of rotatable bonds is 7. The molecule has 0 fully saturated rings. The van der Waals surface area contributed by atoms with E-state index in [0.29, 0.717) is 0 Å². The summed E-state index contributed by atoms with van der Waals surface area (Å²) in [7, 11) is 0. The highest BCUT2D eigenvalue weighted by atomic mass is 16.6. The summed E-state index contributed by atoms with van der Waals surface area (Å²) >= 11 is 0. The number of hydrogen-bond acceptors (Lipinski definition) is 6. The molecule has 1 heterocycles. The van der Waals surface area contributed by atoms with Crippen LogP contribution in [0.1, 0.15) is 23.7 Å². The number of anilines is 1. The van der Waals surface area contributed by atoms with Gasteiger partial charge < -0.3 is 14.5 Å². The number of carbonyl (C=O) groups is 3. The second kappa shape index (κ2) is 8.24. The van der Waals surface area contributed by atoms with Gasteiger partial charge in [-0.3, -0.25) is 24.5 Å². The zero-order chi connectivity index (χ0) is 19.3. The molecule has 2 rings (SSSR count). The highest BCUT2D eigenvalue weighted by molar-refractivity contribution is 6.10. The third kappa shape index (κ3) is 4.05. The lowest BCUT2D eigenvalue weighted by atomic mass is 10.1. The minimum atomic E-state index is -0.610. The van der Waals surface area contributed by atoms with E-state index in [4.69, 9.17) is 4.74 Å². The topological polar surface area (TPSA) is 110 Å². The van der Waals surface area contributed by atoms with E-state index in [-0.39, 0.29) is 55.5 Å². The van der Waals surface area contributed by atoms with Gasteiger partial charge >= 0.3 is 5.97 Å². The predicted octanol–water partition coefficient (Wildman–Crippen LogP) is 1.52. The first-order chi connectivity index (χ1) is 12.4. The van der Waals surface area contributed by atoms with Crippen molar-refractivity contribution in [2.75, 3.05) is 31.1 Å². The van der Waals surface area contributed by atoms with Crippen LogP contribution in [-0.2, 0) is 14.3 Å². The molecule has 1 aliphatic rings. The van der Waals surface area contributed by atoms with E-state index >= 15 is 0 Å². The van der Waals surface area contributed by atoms with Gasteiger partial charge in [0.2, 0.25) is 5.91 Å². The number of non-ortho nitro benzene ring substituents is 1. The van der Waals surface area contributed by atoms with Crippen LogP contribution in [-0.4, -0.2) is 53.8 Å². The number of amides is 2. The number of carbonyl (C=O) groups excluding carboxylic acids is 3. The summed E-state index contributed by atoms with van der Waals surface area (Å²) in [6.07, 6.45) is 1.43. The van der Waals surface area contributed by atoms with Crippen molar-refractivity contribution in [2.24, 2.45) is 0 Å². The van der Waals surface area contributed by atoms with E-state index in [1.165, 1.54) is 28.0 Å². The number of ether oxygens (including phenoxy) is 1. The Bertz CT molecular complexity index is 761. The molecule has 0 unspecified atom stereocenters. The molecule has 0 spiro atoms. The third-order valence-electron chi connectivity index (χ3n) is 3.83. The van der Waals surface area contributed by atoms with E-state index in [1.54, 1.807) is 6.92 Å². The fourth-order valence-electron chi connectivity index (χ4n) is 2.64. The summed E-state index contributed by atoms with van der Waals surface area (Å²) in [6, 6.07) is 3.76. The monoisotopic (exact) mass is 361 g/mol. The fourth-order valence-corrected chi connectivity index (χ4v) is 2.64. The smallest absolute Gasteiger partial charge is 0.307 e. The molecule has 0 N–H and O–H groups in total. The number of esters is 1. The lowest BCUT2D eigenvalue weighted by Crippen LogP contribution is -2.40. The molecule has 0 radical (unpaired) electrons. The van der Waals surface area contributed by atoms with Crippen molar-refractivity contribution in [3.05, 3.63) is 46.5 Å². The first kappa shape index (κ1) is 19.1. The molecule has 0 aromatic heterocycles. The SMILES string of the molecule is C=CCN1C(=O)CN(CCC(=O)OCC)C(=O)c2cc([N+](=O)[O-])ccc21. The summed E-state index contributed by atoms with van der Waals surface area (Å²) in [4.78, 5) is 49.9. The third-order valence-corrected chi connectivity index (χ3v) is 3.83. The van der Waals surface area contributed by atoms with Gasteiger partial charge in [0.1, 0.15) is 6.54 Å². The summed E-state index contributed by atoms with van der Waals surface area (Å²) in [5.41, 5.74) is 0.0650. The molecule has 0 aliphatic carbocycles. The van der Waals surface area contributed by atoms with Crippen molar-refractivity contribution >= 4 is 29.2 Å². The maximum absolute atomic E-state index is 12.8. The van der Waals surface area contributed by atoms with Crippen molar-refractivity contribution < 1.29 is 24.0 Å². The normalized spacial score (nSPS) is 13.9. The Kier molecular flexibility index (Phi) is 6.05. The Morgan fingerprint density at radius 2 is 2.15 bits per heavy atom. The quantitative estimate of drug-likeness (QED) is 0.315. The van der Waals surface area contributed by atoms with Gasteiger partial charge in [-0.05, 0) is 13.0 Å². The fraction of sp³-hybridized carbons (Fsp3) is 0.353. The standard InChI is InChI=1S/C17H19N3O6/c1-3-8-19-14-6-5-12(20(24)25)10-13(14)17(23)18(11-15(19)21)9-7-16(22)26-4-2/h3,5-6,10H,1,4,7-9,11H2,2H3. The van der Waals surface area contributed by atoms with Crippen molar-refractivity contribution in [3.8, 4) is 0 Å². The van der Waals surface area contributed by atoms with Gasteiger partial charge in [0.05, 0.1) is 29.2 Å². The molecule has 2 amide bonds. The van der Waals surface area contributed by atoms with Crippen LogP contribution in [0.3, 0.4) is 0 Å². The average molecular weight is 361 g/mol. The van der Waals surface area contributed by atoms with Gasteiger partial charge in [-0.25, -0.2) is 0 Å². The Morgan fingerprint density at radius 1 is 1.42 bits per heavy atom. The van der Waals surface area contributed by atoms with E-state index in [9.17, 15) is 24.5 Å². The molecule has 0 atom stereocenters. The zero-order valence-electron chi connectivity index (χ0n) is 14.3. The highest BCUT2D eigenvalue weighted by Gasteiger charge is 2.32. The summed E-state index contributed by atoms with van der Waals surface area (Å²) in [6.45, 7) is 5.37. The van der Waals surface area contributed by atoms with Gasteiger partial charge in [0, 0.05) is 25.2 Å². The lowest BCUT2D eigenvalue weighted by molar-refractivity contribution is -0.384. The molecular weight excluding hydrogens is 342 g/mol. The zero-order valence-corrected chi connectivity index (χ0v) is 14.3. The molecular formula is C17H19N3O6. The van der Waals surface area contributed by atoms with Gasteiger partial charge in [-0.1, -0.05) is 6.08 Å². The van der Waals surface area contributed by atoms with Crippen molar-refractivity contribution in [2.45, 2.75) is 13.3 Å². The number of nitro benzene ring substituents is 1. The Morgan fingerprint density at radius 3 is 2.77 bits per heavy atom. The second-order valence-electron chi connectivity index (χ2n) is 5.53. The lowest BCUT2D eigenvalue weighted by Gasteiger charge is -2.21. The van der Waals surface area contributed by atoms with Crippen molar-refractivity contribution in [3.63, 3.8) is 0 Å². The average Bonchev–Trinajstić information content (AvgIpc) is 2.70. The largest absolute Gasteiger partial charge is 0.466 e. The molecule has 1 aliphatic heterocycles. The van der Waals surface area contributed by atoms with E-state index in [1.807, 2.05) is 0 Å². The highest BCUT2D eigenvalue weighted by Crippen LogP contribution is 2.29. The van der Waals surface area contributed by atoms with Crippen LogP contribution in [0.4, 0.5) is 11.4 Å². The maximum Gasteiger partial charge on any atom is 0.307 e. The van der Waals surface area contributed by atoms with Crippen LogP contribution in [0.25, 0.3) is 0 Å². The van der Waals surface area contributed by atoms with E-state index in [2.05, 4.69) is 6.58 Å². The number of benzene rings is 1. The minimum Gasteiger partial charge on any atom is -0.466 e. The van der Waals surface area contributed by atoms with Crippen LogP contribution in [0.15, 0.2) is 30.9 Å². The summed E-state index contributed by atoms with van der Waals surface area (Å²) < 4.78 is 4.83. The van der Waals surface area contributed by atoms with Crippen LogP contribution in [0.2, 0.25) is 0 Å². The number of fused-ring (bicyclic) bond motifs is 1. The van der Waals surface area contributed by atoms with Crippen LogP contribution in [0.5, 0.6) is 0 Å². The first-order valence-corrected chi connectivity index (χ1v) is 8.03. The molecule has 1 aromatic carbocycles. The van der Waals surface area contributed by atoms with Crippen molar-refractivity contribution in [1.29, 1.82) is 0 Å². The number of nitro groups is 1. The van der Waals surface area contributed by atoms with E-state index < -0.39 is 16.8 Å². The number of nitrogens with zero attached hydrogens (tertiary/aromatic N) is 3. The first-order valence-electron chi connectivity index (χ1n) is 8.03. The van der Waals surface area contributed by atoms with Crippen molar-refractivity contribution in [1.82, 2.24) is 4.90 Å². The second-order valence-corrected chi connectivity index (χ2v) is 5.53. The summed E-state index contributed by atoms with van der Waals surface area (Å²) in [5, 5.41) is 11.0. The van der Waals surface area contributed by atoms with Crippen LogP contribution >= 0.6 is 0 Å². The summed E-state index contributed by atoms with van der Waals surface area (Å²) in [5.74, 6) is -1.40. The molecule has 9 heteroatoms. The van der Waals surface area contributed by atoms with Crippen LogP contribution in [0, 0.1) is 10.1 Å². The molecule has 0 bridgehead atoms. The molecule has 0 saturated carbocycles. The van der Waals surface area contributed by atoms with Gasteiger partial charge in [-0.2, -0.15) is 0 Å². The van der Waals surface area contributed by atoms with Gasteiger partial charge in [0.25, 0.3) is 11.6 Å². The Labute approximate surface area is 150 Å². The maximum atomic E-state index is 12.8. The van der Waals surface area contributed by atoms with Gasteiger partial charge in [-0.15, -0.1) is 6.58 Å². The molecule has 138 valence electrons. The number of hydrogen-bond donors (Lipinski definition) is 0. The van der Waals surface area contributed by atoms with Crippen LogP contribution < -0.4 is 4.90 Å². The van der Waals surface area contributed by atoms with Gasteiger partial charge in [0.15, 0.2) is 0 Å². The Balaban J connectivity index is 2.40. The predicted molar refractivity (Wildman–Crippen MR) is 92.8 cm³/mol.